The molecule has 150 valence electrons. The number of fused-ring (bicyclic) bond motifs is 3. The lowest BCUT2D eigenvalue weighted by Gasteiger charge is -2.33. The molecule has 1 N–H and O–H groups in total. The predicted octanol–water partition coefficient (Wildman–Crippen LogP) is 4.87. The standard InChI is InChI=1S/C25H24N4O/c1-18(19-8-4-2-5-9-19)28-14-15-29-23-13-12-21(16-22(23)27-24(29)17-28)26-25(30)20-10-6-3-7-11-20/h2-13,16,18H,14-15,17H2,1H3,(H,26,30). The molecule has 1 aliphatic rings. The number of rotatable bonds is 4. The van der Waals surface area contributed by atoms with Gasteiger partial charge in [-0.3, -0.25) is 9.69 Å². The van der Waals surface area contributed by atoms with Crippen LogP contribution in [0.2, 0.25) is 0 Å². The highest BCUT2D eigenvalue weighted by molar-refractivity contribution is 6.04. The summed E-state index contributed by atoms with van der Waals surface area (Å²) in [7, 11) is 0. The Bertz CT molecular complexity index is 1180. The van der Waals surface area contributed by atoms with E-state index >= 15 is 0 Å². The molecule has 1 aromatic heterocycles. The summed E-state index contributed by atoms with van der Waals surface area (Å²) in [6, 6.07) is 26.2. The average molecular weight is 396 g/mol. The largest absolute Gasteiger partial charge is 0.326 e. The molecule has 4 aromatic rings. The van der Waals surface area contributed by atoms with Crippen molar-refractivity contribution in [1.29, 1.82) is 0 Å². The molecule has 5 nitrogen and oxygen atoms in total. The van der Waals surface area contributed by atoms with Gasteiger partial charge in [0.25, 0.3) is 5.91 Å². The van der Waals surface area contributed by atoms with Gasteiger partial charge in [-0.25, -0.2) is 4.98 Å². The molecule has 0 saturated carbocycles. The molecule has 0 bridgehead atoms. The highest BCUT2D eigenvalue weighted by atomic mass is 16.1. The third-order valence-corrected chi connectivity index (χ3v) is 5.91. The van der Waals surface area contributed by atoms with Crippen LogP contribution in [0.25, 0.3) is 11.0 Å². The minimum absolute atomic E-state index is 0.109. The zero-order chi connectivity index (χ0) is 20.5. The highest BCUT2D eigenvalue weighted by Gasteiger charge is 2.24. The van der Waals surface area contributed by atoms with Crippen LogP contribution in [-0.2, 0) is 13.1 Å². The lowest BCUT2D eigenvalue weighted by Crippen LogP contribution is -2.35. The van der Waals surface area contributed by atoms with Crippen molar-refractivity contribution in [2.75, 3.05) is 11.9 Å². The number of anilines is 1. The van der Waals surface area contributed by atoms with Gasteiger partial charge in [-0.1, -0.05) is 48.5 Å². The van der Waals surface area contributed by atoms with Crippen molar-refractivity contribution in [1.82, 2.24) is 14.5 Å². The molecule has 30 heavy (non-hydrogen) atoms. The fourth-order valence-electron chi connectivity index (χ4n) is 4.18. The molecule has 0 saturated heterocycles. The summed E-state index contributed by atoms with van der Waals surface area (Å²) in [4.78, 5) is 19.8. The van der Waals surface area contributed by atoms with E-state index in [1.54, 1.807) is 0 Å². The summed E-state index contributed by atoms with van der Waals surface area (Å²) in [6.45, 7) is 4.97. The van der Waals surface area contributed by atoms with Gasteiger partial charge in [0, 0.05) is 30.4 Å². The number of hydrogen-bond acceptors (Lipinski definition) is 3. The average Bonchev–Trinajstić information content (AvgIpc) is 3.16. The quantitative estimate of drug-likeness (QED) is 0.536. The molecule has 3 aromatic carbocycles. The van der Waals surface area contributed by atoms with Gasteiger partial charge in [-0.05, 0) is 42.8 Å². The number of benzene rings is 3. The van der Waals surface area contributed by atoms with Crippen LogP contribution in [0.15, 0.2) is 78.9 Å². The van der Waals surface area contributed by atoms with Crippen LogP contribution in [0.5, 0.6) is 0 Å². The Morgan fingerprint density at radius 1 is 0.967 bits per heavy atom. The van der Waals surface area contributed by atoms with E-state index < -0.39 is 0 Å². The second kappa shape index (κ2) is 7.76. The van der Waals surface area contributed by atoms with Gasteiger partial charge in [-0.15, -0.1) is 0 Å². The summed E-state index contributed by atoms with van der Waals surface area (Å²) in [5, 5.41) is 2.98. The first-order valence-corrected chi connectivity index (χ1v) is 10.3. The monoisotopic (exact) mass is 396 g/mol. The van der Waals surface area contributed by atoms with Gasteiger partial charge in [0.2, 0.25) is 0 Å². The van der Waals surface area contributed by atoms with Crippen LogP contribution in [0.4, 0.5) is 5.69 Å². The molecule has 1 amide bonds. The van der Waals surface area contributed by atoms with Crippen LogP contribution in [0.3, 0.4) is 0 Å². The molecule has 1 unspecified atom stereocenters. The van der Waals surface area contributed by atoms with E-state index in [2.05, 4.69) is 58.1 Å². The minimum atomic E-state index is -0.109. The Balaban J connectivity index is 1.37. The van der Waals surface area contributed by atoms with Crippen molar-refractivity contribution in [3.63, 3.8) is 0 Å². The van der Waals surface area contributed by atoms with Crippen LogP contribution in [0.1, 0.15) is 34.7 Å². The molecule has 0 spiro atoms. The van der Waals surface area contributed by atoms with E-state index in [-0.39, 0.29) is 5.91 Å². The number of carbonyl (C=O) groups is 1. The van der Waals surface area contributed by atoms with Crippen LogP contribution < -0.4 is 5.32 Å². The van der Waals surface area contributed by atoms with Gasteiger partial charge < -0.3 is 9.88 Å². The molecule has 1 aliphatic heterocycles. The number of nitrogens with zero attached hydrogens (tertiary/aromatic N) is 3. The first-order chi connectivity index (χ1) is 14.7. The Morgan fingerprint density at radius 3 is 2.47 bits per heavy atom. The van der Waals surface area contributed by atoms with Crippen molar-refractivity contribution in [2.24, 2.45) is 0 Å². The minimum Gasteiger partial charge on any atom is -0.326 e. The molecule has 2 heterocycles. The van der Waals surface area contributed by atoms with E-state index in [9.17, 15) is 4.79 Å². The van der Waals surface area contributed by atoms with Crippen molar-refractivity contribution in [3.8, 4) is 0 Å². The Morgan fingerprint density at radius 2 is 1.70 bits per heavy atom. The van der Waals surface area contributed by atoms with Crippen LogP contribution in [-0.4, -0.2) is 26.9 Å². The van der Waals surface area contributed by atoms with E-state index in [1.807, 2.05) is 42.5 Å². The highest BCUT2D eigenvalue weighted by Crippen LogP contribution is 2.28. The van der Waals surface area contributed by atoms with E-state index in [4.69, 9.17) is 4.98 Å². The SMILES string of the molecule is CC(c1ccccc1)N1CCn2c(nc3cc(NC(=O)c4ccccc4)ccc32)C1. The molecule has 0 radical (unpaired) electrons. The second-order valence-corrected chi connectivity index (χ2v) is 7.76. The molecule has 5 heteroatoms. The van der Waals surface area contributed by atoms with E-state index in [0.29, 0.717) is 11.6 Å². The Labute approximate surface area is 176 Å². The third-order valence-electron chi connectivity index (χ3n) is 5.91. The molecular formula is C25H24N4O. The molecular weight excluding hydrogens is 372 g/mol. The summed E-state index contributed by atoms with van der Waals surface area (Å²) >= 11 is 0. The number of aromatic nitrogens is 2. The molecule has 1 atom stereocenters. The third kappa shape index (κ3) is 3.48. The number of hydrogen-bond donors (Lipinski definition) is 1. The smallest absolute Gasteiger partial charge is 0.255 e. The zero-order valence-electron chi connectivity index (χ0n) is 17.0. The van der Waals surface area contributed by atoms with Gasteiger partial charge >= 0.3 is 0 Å². The van der Waals surface area contributed by atoms with Crippen molar-refractivity contribution >= 4 is 22.6 Å². The summed E-state index contributed by atoms with van der Waals surface area (Å²) in [6.07, 6.45) is 0. The Hall–Kier alpha value is -3.44. The predicted molar refractivity (Wildman–Crippen MR) is 119 cm³/mol. The molecule has 0 aliphatic carbocycles. The number of imidazole rings is 1. The summed E-state index contributed by atoms with van der Waals surface area (Å²) in [5.41, 5.74) is 4.78. The fraction of sp³-hybridized carbons (Fsp3) is 0.200. The summed E-state index contributed by atoms with van der Waals surface area (Å²) in [5.74, 6) is 0.965. The first-order valence-electron chi connectivity index (χ1n) is 10.3. The number of amides is 1. The lowest BCUT2D eigenvalue weighted by molar-refractivity contribution is 0.102. The normalized spacial score (nSPS) is 15.0. The van der Waals surface area contributed by atoms with E-state index in [1.165, 1.54) is 5.56 Å². The first kappa shape index (κ1) is 18.6. The van der Waals surface area contributed by atoms with Crippen molar-refractivity contribution in [2.45, 2.75) is 26.1 Å². The maximum Gasteiger partial charge on any atom is 0.255 e. The van der Waals surface area contributed by atoms with Crippen LogP contribution >= 0.6 is 0 Å². The maximum atomic E-state index is 12.5. The van der Waals surface area contributed by atoms with Crippen molar-refractivity contribution in [3.05, 3.63) is 95.8 Å². The van der Waals surface area contributed by atoms with Gasteiger partial charge in [0.15, 0.2) is 0 Å². The topological polar surface area (TPSA) is 50.2 Å². The maximum absolute atomic E-state index is 12.5. The molecule has 0 fully saturated rings. The number of carbonyl (C=O) groups excluding carboxylic acids is 1. The Kier molecular flexibility index (Phi) is 4.81. The lowest BCUT2D eigenvalue weighted by atomic mass is 10.1. The van der Waals surface area contributed by atoms with Crippen molar-refractivity contribution < 1.29 is 4.79 Å². The molecule has 5 rings (SSSR count). The summed E-state index contributed by atoms with van der Waals surface area (Å²) < 4.78 is 2.30. The second-order valence-electron chi connectivity index (χ2n) is 7.76. The van der Waals surface area contributed by atoms with Gasteiger partial charge in [0.05, 0.1) is 17.6 Å². The fourth-order valence-corrected chi connectivity index (χ4v) is 4.18. The zero-order valence-corrected chi connectivity index (χ0v) is 17.0. The van der Waals surface area contributed by atoms with Crippen LogP contribution in [0, 0.1) is 0 Å². The number of nitrogens with one attached hydrogen (secondary N) is 1. The van der Waals surface area contributed by atoms with Gasteiger partial charge in [-0.2, -0.15) is 0 Å². The van der Waals surface area contributed by atoms with E-state index in [0.717, 1.165) is 42.2 Å². The van der Waals surface area contributed by atoms with Gasteiger partial charge in [0.1, 0.15) is 5.82 Å².